The van der Waals surface area contributed by atoms with Crippen LogP contribution in [0.3, 0.4) is 0 Å². The van der Waals surface area contributed by atoms with Crippen molar-refractivity contribution in [1.82, 2.24) is 5.32 Å². The summed E-state index contributed by atoms with van der Waals surface area (Å²) >= 11 is 1.30. The fourth-order valence-electron chi connectivity index (χ4n) is 2.16. The van der Waals surface area contributed by atoms with Gasteiger partial charge in [-0.25, -0.2) is 0 Å². The molecular formula is C18H20N2O3S. The molecule has 0 bridgehead atoms. The lowest BCUT2D eigenvalue weighted by Crippen LogP contribution is -2.24. The number of amides is 2. The molecule has 1 aliphatic carbocycles. The lowest BCUT2D eigenvalue weighted by Gasteiger charge is -2.06. The van der Waals surface area contributed by atoms with E-state index in [2.05, 4.69) is 10.6 Å². The van der Waals surface area contributed by atoms with Crippen LogP contribution in [-0.4, -0.2) is 25.0 Å². The molecule has 3 rings (SSSR count). The standard InChI is InChI=1S/C18H20N2O3S/c21-17(13-7-8-13)20-16-10-9-15(24-16)18(22)19-11-4-12-23-14-5-2-1-3-6-14/h1-3,5-6,9-10,13H,4,7-8,11-12H2,(H,19,22)(H,20,21). The number of ether oxygens (including phenoxy) is 1. The molecule has 2 N–H and O–H groups in total. The van der Waals surface area contributed by atoms with Crippen molar-refractivity contribution in [2.75, 3.05) is 18.5 Å². The van der Waals surface area contributed by atoms with E-state index in [1.807, 2.05) is 30.3 Å². The van der Waals surface area contributed by atoms with Crippen LogP contribution in [0.15, 0.2) is 42.5 Å². The Kier molecular flexibility index (Phi) is 5.48. The molecule has 0 spiro atoms. The molecule has 126 valence electrons. The van der Waals surface area contributed by atoms with Gasteiger partial charge in [-0.3, -0.25) is 9.59 Å². The van der Waals surface area contributed by atoms with Gasteiger partial charge >= 0.3 is 0 Å². The molecule has 6 heteroatoms. The number of hydrogen-bond acceptors (Lipinski definition) is 4. The Balaban J connectivity index is 1.36. The van der Waals surface area contributed by atoms with Crippen molar-refractivity contribution in [2.24, 2.45) is 5.92 Å². The van der Waals surface area contributed by atoms with Crippen molar-refractivity contribution >= 4 is 28.2 Å². The minimum atomic E-state index is -0.119. The predicted molar refractivity (Wildman–Crippen MR) is 94.6 cm³/mol. The Morgan fingerprint density at radius 3 is 2.67 bits per heavy atom. The highest BCUT2D eigenvalue weighted by molar-refractivity contribution is 7.18. The second-order valence-corrected chi connectivity index (χ2v) is 6.78. The molecule has 1 heterocycles. The van der Waals surface area contributed by atoms with Gasteiger partial charge in [0.1, 0.15) is 5.75 Å². The molecular weight excluding hydrogens is 324 g/mol. The molecule has 2 amide bonds. The largest absolute Gasteiger partial charge is 0.494 e. The van der Waals surface area contributed by atoms with Crippen LogP contribution in [0, 0.1) is 5.92 Å². The Hall–Kier alpha value is -2.34. The molecule has 24 heavy (non-hydrogen) atoms. The van der Waals surface area contributed by atoms with E-state index in [-0.39, 0.29) is 17.7 Å². The predicted octanol–water partition coefficient (Wildman–Crippen LogP) is 3.30. The third-order valence-electron chi connectivity index (χ3n) is 3.64. The minimum absolute atomic E-state index is 0.0573. The van der Waals surface area contributed by atoms with Gasteiger partial charge in [0.15, 0.2) is 0 Å². The molecule has 0 aliphatic heterocycles. The van der Waals surface area contributed by atoms with Gasteiger partial charge in [0, 0.05) is 12.5 Å². The zero-order valence-corrected chi connectivity index (χ0v) is 14.1. The Morgan fingerprint density at radius 1 is 1.12 bits per heavy atom. The van der Waals surface area contributed by atoms with Crippen molar-refractivity contribution in [3.63, 3.8) is 0 Å². The molecule has 1 aliphatic rings. The SMILES string of the molecule is O=C(NCCCOc1ccccc1)c1ccc(NC(=O)C2CC2)s1. The molecule has 1 saturated carbocycles. The summed E-state index contributed by atoms with van der Waals surface area (Å²) in [6, 6.07) is 13.1. The molecule has 0 radical (unpaired) electrons. The summed E-state index contributed by atoms with van der Waals surface area (Å²) in [4.78, 5) is 24.4. The van der Waals surface area contributed by atoms with Crippen molar-refractivity contribution in [2.45, 2.75) is 19.3 Å². The van der Waals surface area contributed by atoms with E-state index < -0.39 is 0 Å². The monoisotopic (exact) mass is 344 g/mol. The normalized spacial score (nSPS) is 13.3. The van der Waals surface area contributed by atoms with Gasteiger partial charge in [-0.05, 0) is 43.5 Å². The zero-order valence-electron chi connectivity index (χ0n) is 13.3. The van der Waals surface area contributed by atoms with Crippen LogP contribution in [0.5, 0.6) is 5.75 Å². The highest BCUT2D eigenvalue weighted by Gasteiger charge is 2.29. The van der Waals surface area contributed by atoms with Crippen LogP contribution >= 0.6 is 11.3 Å². The average molecular weight is 344 g/mol. The van der Waals surface area contributed by atoms with Gasteiger partial charge in [0.25, 0.3) is 5.91 Å². The van der Waals surface area contributed by atoms with E-state index in [4.69, 9.17) is 4.74 Å². The second-order valence-electron chi connectivity index (χ2n) is 5.70. The molecule has 1 fully saturated rings. The van der Waals surface area contributed by atoms with Crippen molar-refractivity contribution in [3.05, 3.63) is 47.3 Å². The average Bonchev–Trinajstić information content (AvgIpc) is 3.35. The third-order valence-corrected chi connectivity index (χ3v) is 4.64. The number of para-hydroxylation sites is 1. The first-order valence-corrected chi connectivity index (χ1v) is 8.91. The molecule has 0 unspecified atom stereocenters. The van der Waals surface area contributed by atoms with E-state index in [0.717, 1.165) is 30.0 Å². The topological polar surface area (TPSA) is 67.4 Å². The number of benzene rings is 1. The lowest BCUT2D eigenvalue weighted by atomic mass is 10.3. The van der Waals surface area contributed by atoms with Crippen LogP contribution < -0.4 is 15.4 Å². The maximum Gasteiger partial charge on any atom is 0.261 e. The Labute approximate surface area is 145 Å². The van der Waals surface area contributed by atoms with Gasteiger partial charge in [0.05, 0.1) is 16.5 Å². The van der Waals surface area contributed by atoms with E-state index in [1.165, 1.54) is 11.3 Å². The van der Waals surface area contributed by atoms with E-state index in [9.17, 15) is 9.59 Å². The number of carbonyl (C=O) groups excluding carboxylic acids is 2. The fraction of sp³-hybridized carbons (Fsp3) is 0.333. The summed E-state index contributed by atoms with van der Waals surface area (Å²) in [6.45, 7) is 1.10. The van der Waals surface area contributed by atoms with Gasteiger partial charge in [-0.15, -0.1) is 11.3 Å². The van der Waals surface area contributed by atoms with E-state index >= 15 is 0 Å². The zero-order chi connectivity index (χ0) is 16.8. The summed E-state index contributed by atoms with van der Waals surface area (Å²) in [5.41, 5.74) is 0. The number of carbonyl (C=O) groups is 2. The van der Waals surface area contributed by atoms with Gasteiger partial charge < -0.3 is 15.4 Å². The minimum Gasteiger partial charge on any atom is -0.494 e. The lowest BCUT2D eigenvalue weighted by molar-refractivity contribution is -0.117. The van der Waals surface area contributed by atoms with Crippen LogP contribution in [0.4, 0.5) is 5.00 Å². The summed E-state index contributed by atoms with van der Waals surface area (Å²) < 4.78 is 5.57. The van der Waals surface area contributed by atoms with Crippen molar-refractivity contribution in [3.8, 4) is 5.75 Å². The maximum absolute atomic E-state index is 12.1. The van der Waals surface area contributed by atoms with E-state index in [0.29, 0.717) is 18.0 Å². The fourth-order valence-corrected chi connectivity index (χ4v) is 2.99. The summed E-state index contributed by atoms with van der Waals surface area (Å²) in [7, 11) is 0. The first-order chi connectivity index (χ1) is 11.7. The van der Waals surface area contributed by atoms with Gasteiger partial charge in [0.2, 0.25) is 5.91 Å². The number of rotatable bonds is 8. The number of nitrogens with one attached hydrogen (secondary N) is 2. The maximum atomic E-state index is 12.1. The first kappa shape index (κ1) is 16.5. The molecule has 0 saturated heterocycles. The van der Waals surface area contributed by atoms with Crippen molar-refractivity contribution < 1.29 is 14.3 Å². The molecule has 0 atom stereocenters. The van der Waals surface area contributed by atoms with E-state index in [1.54, 1.807) is 12.1 Å². The van der Waals surface area contributed by atoms with Crippen LogP contribution in [0.2, 0.25) is 0 Å². The van der Waals surface area contributed by atoms with Crippen LogP contribution in [0.1, 0.15) is 28.9 Å². The van der Waals surface area contributed by atoms with Crippen LogP contribution in [0.25, 0.3) is 0 Å². The number of anilines is 1. The van der Waals surface area contributed by atoms with Gasteiger partial charge in [-0.1, -0.05) is 18.2 Å². The Bertz CT molecular complexity index is 695. The number of thiophene rings is 1. The highest BCUT2D eigenvalue weighted by atomic mass is 32.1. The quantitative estimate of drug-likeness (QED) is 0.722. The van der Waals surface area contributed by atoms with Gasteiger partial charge in [-0.2, -0.15) is 0 Å². The molecule has 5 nitrogen and oxygen atoms in total. The summed E-state index contributed by atoms with van der Waals surface area (Å²) in [5.74, 6) is 0.931. The highest BCUT2D eigenvalue weighted by Crippen LogP contribution is 2.31. The smallest absolute Gasteiger partial charge is 0.261 e. The third kappa shape index (κ3) is 4.83. The van der Waals surface area contributed by atoms with Crippen LogP contribution in [-0.2, 0) is 4.79 Å². The summed E-state index contributed by atoms with van der Waals surface area (Å²) in [5, 5.41) is 6.45. The first-order valence-electron chi connectivity index (χ1n) is 8.09. The summed E-state index contributed by atoms with van der Waals surface area (Å²) in [6.07, 6.45) is 2.67. The van der Waals surface area contributed by atoms with Crippen molar-refractivity contribution in [1.29, 1.82) is 0 Å². The molecule has 1 aromatic carbocycles. The molecule has 2 aromatic rings. The number of hydrogen-bond donors (Lipinski definition) is 2. The molecule has 1 aromatic heterocycles. The Morgan fingerprint density at radius 2 is 1.92 bits per heavy atom. The second kappa shape index (κ2) is 7.97.